The van der Waals surface area contributed by atoms with Crippen LogP contribution in [0.4, 0.5) is 0 Å². The third kappa shape index (κ3) is 1.86. The number of thiophene rings is 2. The summed E-state index contributed by atoms with van der Waals surface area (Å²) >= 11 is 3.36. The van der Waals surface area contributed by atoms with Gasteiger partial charge in [0.15, 0.2) is 5.78 Å². The van der Waals surface area contributed by atoms with Crippen LogP contribution in [0.5, 0.6) is 0 Å². The summed E-state index contributed by atoms with van der Waals surface area (Å²) in [6.07, 6.45) is 3.03. The molecule has 20 heavy (non-hydrogen) atoms. The van der Waals surface area contributed by atoms with Gasteiger partial charge in [0, 0.05) is 35.5 Å². The molecule has 1 fully saturated rings. The largest absolute Gasteiger partial charge is 0.367 e. The minimum absolute atomic E-state index is 0.313. The summed E-state index contributed by atoms with van der Waals surface area (Å²) in [6, 6.07) is 4.63. The van der Waals surface area contributed by atoms with Crippen LogP contribution in [0.1, 0.15) is 30.4 Å². The minimum Gasteiger partial charge on any atom is -0.367 e. The average Bonchev–Trinajstić information content (AvgIpc) is 3.19. The molecule has 1 saturated heterocycles. The van der Waals surface area contributed by atoms with Gasteiger partial charge < -0.3 is 4.90 Å². The number of allylic oxidation sites excluding steroid dienone is 1. The monoisotopic (exact) mass is 301 g/mol. The highest BCUT2D eigenvalue weighted by molar-refractivity contribution is 7.08. The number of carbonyl (C=O) groups is 1. The molecule has 1 atom stereocenters. The van der Waals surface area contributed by atoms with Crippen LogP contribution in [0.15, 0.2) is 33.7 Å². The number of fused-ring (bicyclic) bond motifs is 1. The first-order valence-electron chi connectivity index (χ1n) is 6.94. The molecule has 2 nitrogen and oxygen atoms in total. The predicted octanol–water partition coefficient (Wildman–Crippen LogP) is 4.12. The summed E-state index contributed by atoms with van der Waals surface area (Å²) in [5, 5.41) is 8.40. The maximum absolute atomic E-state index is 12.7. The van der Waals surface area contributed by atoms with Gasteiger partial charge in [0.25, 0.3) is 0 Å². The first-order chi connectivity index (χ1) is 9.84. The Hall–Kier alpha value is -1.39. The predicted molar refractivity (Wildman–Crippen MR) is 84.8 cm³/mol. The zero-order chi connectivity index (χ0) is 13.5. The fraction of sp³-hybridized carbons (Fsp3) is 0.312. The molecule has 4 heteroatoms. The molecule has 0 amide bonds. The molecule has 0 saturated carbocycles. The van der Waals surface area contributed by atoms with Crippen LogP contribution in [0.2, 0.25) is 0 Å². The summed E-state index contributed by atoms with van der Waals surface area (Å²) in [5.74, 6) is 0.313. The van der Waals surface area contributed by atoms with Crippen LogP contribution < -0.4 is 0 Å². The van der Waals surface area contributed by atoms with Gasteiger partial charge in [-0.1, -0.05) is 0 Å². The molecular weight excluding hydrogens is 286 g/mol. The van der Waals surface area contributed by atoms with Crippen molar-refractivity contribution < 1.29 is 4.79 Å². The number of Topliss-reactive ketones (excluding diaryl/α,β-unsaturated/α-hetero) is 1. The fourth-order valence-corrected chi connectivity index (χ4v) is 4.64. The van der Waals surface area contributed by atoms with Crippen LogP contribution in [-0.4, -0.2) is 23.3 Å². The number of ketones is 1. The van der Waals surface area contributed by atoms with E-state index in [0.717, 1.165) is 24.1 Å². The summed E-state index contributed by atoms with van der Waals surface area (Å²) in [5.41, 5.74) is 4.40. The van der Waals surface area contributed by atoms with E-state index < -0.39 is 0 Å². The van der Waals surface area contributed by atoms with E-state index in [2.05, 4.69) is 38.6 Å². The zero-order valence-corrected chi connectivity index (χ0v) is 12.7. The SMILES string of the molecule is O=C1C[C@H]2CCCN2C(c2ccsc2)=C1c1ccsc1. The first kappa shape index (κ1) is 12.4. The highest BCUT2D eigenvalue weighted by Gasteiger charge is 2.37. The lowest BCUT2D eigenvalue weighted by atomic mass is 9.90. The van der Waals surface area contributed by atoms with Crippen molar-refractivity contribution in [3.05, 3.63) is 44.8 Å². The second-order valence-corrected chi connectivity index (χ2v) is 6.92. The second kappa shape index (κ2) is 4.86. The third-order valence-corrected chi connectivity index (χ3v) is 5.57. The quantitative estimate of drug-likeness (QED) is 0.832. The van der Waals surface area contributed by atoms with E-state index in [1.165, 1.54) is 17.7 Å². The summed E-state index contributed by atoms with van der Waals surface area (Å²) in [7, 11) is 0. The molecule has 0 unspecified atom stereocenters. The van der Waals surface area contributed by atoms with Crippen LogP contribution in [0.3, 0.4) is 0 Å². The van der Waals surface area contributed by atoms with E-state index in [4.69, 9.17) is 0 Å². The first-order valence-corrected chi connectivity index (χ1v) is 8.82. The van der Waals surface area contributed by atoms with Gasteiger partial charge in [0.05, 0.1) is 5.70 Å². The van der Waals surface area contributed by atoms with Gasteiger partial charge in [-0.05, 0) is 46.7 Å². The van der Waals surface area contributed by atoms with Crippen molar-refractivity contribution in [1.29, 1.82) is 0 Å². The number of rotatable bonds is 2. The molecule has 2 aromatic rings. The lowest BCUT2D eigenvalue weighted by Crippen LogP contribution is -2.35. The summed E-state index contributed by atoms with van der Waals surface area (Å²) in [6.45, 7) is 1.08. The van der Waals surface area contributed by atoms with Gasteiger partial charge in [-0.2, -0.15) is 22.7 Å². The Labute approximate surface area is 126 Å². The maximum atomic E-state index is 12.7. The van der Waals surface area contributed by atoms with Crippen LogP contribution in [0, 0.1) is 0 Å². The smallest absolute Gasteiger partial charge is 0.167 e. The average molecular weight is 301 g/mol. The van der Waals surface area contributed by atoms with E-state index in [9.17, 15) is 4.79 Å². The number of carbonyl (C=O) groups excluding carboxylic acids is 1. The van der Waals surface area contributed by atoms with Crippen molar-refractivity contribution in [3.8, 4) is 0 Å². The fourth-order valence-electron chi connectivity index (χ4n) is 3.35. The molecule has 0 aliphatic carbocycles. The normalized spacial score (nSPS) is 22.5. The molecule has 2 aliphatic rings. The van der Waals surface area contributed by atoms with Gasteiger partial charge >= 0.3 is 0 Å². The van der Waals surface area contributed by atoms with Gasteiger partial charge in [0.1, 0.15) is 0 Å². The number of hydrogen-bond acceptors (Lipinski definition) is 4. The Kier molecular flexibility index (Phi) is 3.00. The molecule has 4 heterocycles. The molecule has 0 aromatic carbocycles. The Morgan fingerprint density at radius 3 is 2.55 bits per heavy atom. The van der Waals surface area contributed by atoms with Gasteiger partial charge in [-0.25, -0.2) is 0 Å². The molecule has 0 radical (unpaired) electrons. The topological polar surface area (TPSA) is 20.3 Å². The van der Waals surface area contributed by atoms with Gasteiger partial charge in [-0.15, -0.1) is 0 Å². The Morgan fingerprint density at radius 2 is 1.85 bits per heavy atom. The van der Waals surface area contributed by atoms with Crippen molar-refractivity contribution in [1.82, 2.24) is 4.90 Å². The van der Waals surface area contributed by atoms with Crippen molar-refractivity contribution in [3.63, 3.8) is 0 Å². The molecule has 0 bridgehead atoms. The second-order valence-electron chi connectivity index (χ2n) is 5.36. The maximum Gasteiger partial charge on any atom is 0.167 e. The molecule has 2 aliphatic heterocycles. The number of nitrogens with zero attached hydrogens (tertiary/aromatic N) is 1. The van der Waals surface area contributed by atoms with E-state index in [1.54, 1.807) is 22.7 Å². The third-order valence-electron chi connectivity index (χ3n) is 4.21. The van der Waals surface area contributed by atoms with Crippen molar-refractivity contribution in [2.75, 3.05) is 6.54 Å². The molecular formula is C16H15NOS2. The van der Waals surface area contributed by atoms with E-state index in [-0.39, 0.29) is 0 Å². The molecule has 0 spiro atoms. The van der Waals surface area contributed by atoms with E-state index in [0.29, 0.717) is 18.2 Å². The molecule has 4 rings (SSSR count). The van der Waals surface area contributed by atoms with Crippen molar-refractivity contribution >= 4 is 39.7 Å². The number of hydrogen-bond donors (Lipinski definition) is 0. The molecule has 102 valence electrons. The minimum atomic E-state index is 0.313. The lowest BCUT2D eigenvalue weighted by Gasteiger charge is -2.35. The van der Waals surface area contributed by atoms with E-state index >= 15 is 0 Å². The van der Waals surface area contributed by atoms with Crippen LogP contribution in [-0.2, 0) is 4.79 Å². The Balaban J connectivity index is 1.95. The highest BCUT2D eigenvalue weighted by Crippen LogP contribution is 2.41. The summed E-state index contributed by atoms with van der Waals surface area (Å²) in [4.78, 5) is 15.1. The van der Waals surface area contributed by atoms with Crippen molar-refractivity contribution in [2.24, 2.45) is 0 Å². The Bertz CT molecular complexity index is 655. The lowest BCUT2D eigenvalue weighted by molar-refractivity contribution is -0.114. The van der Waals surface area contributed by atoms with E-state index in [1.807, 2.05) is 0 Å². The van der Waals surface area contributed by atoms with Crippen molar-refractivity contribution in [2.45, 2.75) is 25.3 Å². The highest BCUT2D eigenvalue weighted by atomic mass is 32.1. The molecule has 0 N–H and O–H groups in total. The van der Waals surface area contributed by atoms with Crippen LogP contribution >= 0.6 is 22.7 Å². The van der Waals surface area contributed by atoms with Gasteiger partial charge in [0.2, 0.25) is 0 Å². The van der Waals surface area contributed by atoms with Crippen LogP contribution in [0.25, 0.3) is 11.3 Å². The Morgan fingerprint density at radius 1 is 1.10 bits per heavy atom. The van der Waals surface area contributed by atoms with Gasteiger partial charge in [-0.3, -0.25) is 4.79 Å². The zero-order valence-electron chi connectivity index (χ0n) is 11.0. The standard InChI is InChI=1S/C16H15NOS2/c18-14-8-13-2-1-5-17(13)16(12-4-7-20-10-12)15(14)11-3-6-19-9-11/h3-4,6-7,9-10,13H,1-2,5,8H2/t13-/m1/s1. The molecule has 2 aromatic heterocycles. The summed E-state index contributed by atoms with van der Waals surface area (Å²) < 4.78 is 0.